The average molecular weight is 296 g/mol. The Morgan fingerprint density at radius 1 is 1.62 bits per heavy atom. The van der Waals surface area contributed by atoms with Crippen LogP contribution in [0, 0.1) is 11.9 Å². The van der Waals surface area contributed by atoms with E-state index in [4.69, 9.17) is 4.74 Å². The molecule has 0 aliphatic heterocycles. The zero-order valence-corrected chi connectivity index (χ0v) is 11.6. The van der Waals surface area contributed by atoms with Gasteiger partial charge in [0, 0.05) is 11.6 Å². The first kappa shape index (κ1) is 12.8. The van der Waals surface area contributed by atoms with Crippen LogP contribution in [-0.4, -0.2) is 6.61 Å². The average Bonchev–Trinajstić information content (AvgIpc) is 2.20. The maximum atomic E-state index is 12.3. The molecule has 0 heterocycles. The molecule has 1 aromatic rings. The van der Waals surface area contributed by atoms with Crippen molar-refractivity contribution in [2.45, 2.75) is 0 Å². The van der Waals surface area contributed by atoms with Gasteiger partial charge in [-0.3, -0.25) is 4.39 Å². The summed E-state index contributed by atoms with van der Waals surface area (Å²) in [5.74, 6) is 0.224. The first-order valence-electron chi connectivity index (χ1n) is 3.50. The van der Waals surface area contributed by atoms with Gasteiger partial charge in [-0.2, -0.15) is 0 Å². The van der Waals surface area contributed by atoms with Crippen LogP contribution < -0.4 is 4.74 Å². The molecule has 4 heteroatoms. The van der Waals surface area contributed by atoms with Crippen LogP contribution >= 0.6 is 13.6 Å². The second kappa shape index (κ2) is 8.39. The normalized spacial score (nSPS) is 8.31. The summed E-state index contributed by atoms with van der Waals surface area (Å²) < 4.78 is 17.4. The Hall–Kier alpha value is -0.207. The molecule has 0 N–H and O–H groups in total. The minimum absolute atomic E-state index is 0.309. The maximum absolute atomic E-state index is 12.3. The van der Waals surface area contributed by atoms with Crippen molar-refractivity contribution < 1.29 is 25.5 Å². The molecule has 0 spiro atoms. The molecule has 1 nitrogen and oxygen atoms in total. The molecule has 0 bridgehead atoms. The Bertz CT molecular complexity index is 238. The molecule has 0 aromatic heterocycles. The van der Waals surface area contributed by atoms with Gasteiger partial charge in [-0.1, -0.05) is 12.7 Å². The summed E-state index contributed by atoms with van der Waals surface area (Å²) in [4.78, 5) is 0. The van der Waals surface area contributed by atoms with Gasteiger partial charge in [0.25, 0.3) is 0 Å². The Morgan fingerprint density at radius 2 is 2.31 bits per heavy atom. The molecule has 0 radical (unpaired) electrons. The van der Waals surface area contributed by atoms with E-state index < -0.39 is 0 Å². The van der Waals surface area contributed by atoms with E-state index in [-0.39, 0.29) is 5.82 Å². The summed E-state index contributed by atoms with van der Waals surface area (Å²) in [6, 6.07) is 6.72. The Kier molecular flexibility index (Phi) is 8.26. The predicted octanol–water partition coefficient (Wildman–Crippen LogP) is 3.03. The number of hydrogen-bond acceptors (Lipinski definition) is 1. The number of benzene rings is 1. The summed E-state index contributed by atoms with van der Waals surface area (Å²) >= 11 is 4.25. The van der Waals surface area contributed by atoms with Crippen LogP contribution in [0.4, 0.5) is 4.39 Å². The van der Waals surface area contributed by atoms with E-state index in [0.29, 0.717) is 12.4 Å². The molecule has 1 rings (SSSR count). The van der Waals surface area contributed by atoms with E-state index in [1.54, 1.807) is 6.08 Å². The fourth-order valence-corrected chi connectivity index (χ4v) is 0.630. The van der Waals surface area contributed by atoms with Crippen molar-refractivity contribution in [1.29, 1.82) is 0 Å². The third-order valence-electron chi connectivity index (χ3n) is 1.10. The van der Waals surface area contributed by atoms with Gasteiger partial charge in [-0.05, 0) is 0 Å². The molecule has 0 fully saturated rings. The summed E-state index contributed by atoms with van der Waals surface area (Å²) in [6.45, 7) is 3.90. The van der Waals surface area contributed by atoms with Crippen LogP contribution in [0.25, 0.3) is 0 Å². The van der Waals surface area contributed by atoms with Gasteiger partial charge in [-0.15, -0.1) is 24.3 Å². The van der Waals surface area contributed by atoms with Crippen molar-refractivity contribution in [2.75, 3.05) is 6.61 Å². The quantitative estimate of drug-likeness (QED) is 0.473. The van der Waals surface area contributed by atoms with Crippen LogP contribution in [0.2, 0.25) is 0 Å². The van der Waals surface area contributed by atoms with E-state index in [1.165, 1.54) is 34.5 Å². The van der Waals surface area contributed by atoms with E-state index in [2.05, 4.69) is 26.3 Å². The molecular weight excluding hydrogens is 288 g/mol. The van der Waals surface area contributed by atoms with Crippen LogP contribution in [0.1, 0.15) is 0 Å². The number of rotatable bonds is 3. The van der Waals surface area contributed by atoms with Gasteiger partial charge in [0.05, 0.1) is 0 Å². The van der Waals surface area contributed by atoms with E-state index >= 15 is 0 Å². The molecule has 0 atom stereocenters. The van der Waals surface area contributed by atoms with Crippen molar-refractivity contribution in [3.05, 3.63) is 42.7 Å². The zero-order chi connectivity index (χ0) is 10.1. The van der Waals surface area contributed by atoms with Gasteiger partial charge < -0.3 is 4.74 Å². The molecular formula is C9H8BrFOZn. The summed E-state index contributed by atoms with van der Waals surface area (Å²) in [5.41, 5.74) is 0. The molecule has 0 saturated carbocycles. The Morgan fingerprint density at radius 3 is 2.77 bits per heavy atom. The van der Waals surface area contributed by atoms with E-state index in [0.717, 1.165) is 0 Å². The molecule has 13 heavy (non-hydrogen) atoms. The van der Waals surface area contributed by atoms with Crippen LogP contribution in [0.5, 0.6) is 5.75 Å². The van der Waals surface area contributed by atoms with E-state index in [9.17, 15) is 4.39 Å². The molecule has 0 unspecified atom stereocenters. The monoisotopic (exact) mass is 294 g/mol. The fourth-order valence-electron chi connectivity index (χ4n) is 0.630. The first-order valence-corrected chi connectivity index (χ1v) is 10.5. The number of hydrogen-bond donors (Lipinski definition) is 0. The topological polar surface area (TPSA) is 9.23 Å². The van der Waals surface area contributed by atoms with Gasteiger partial charge in [0.15, 0.2) is 0 Å². The van der Waals surface area contributed by atoms with Crippen molar-refractivity contribution in [2.24, 2.45) is 0 Å². The second-order valence-electron chi connectivity index (χ2n) is 1.97. The SMILES string of the molecule is C=CCOc1[c-]cc(F)cc1.[Zn+][Br]. The van der Waals surface area contributed by atoms with Crippen LogP contribution in [-0.2, 0) is 16.3 Å². The molecule has 0 saturated heterocycles. The van der Waals surface area contributed by atoms with Crippen LogP contribution in [0.3, 0.4) is 0 Å². The summed E-state index contributed by atoms with van der Waals surface area (Å²) in [6.07, 6.45) is 1.62. The third-order valence-corrected chi connectivity index (χ3v) is 1.10. The fraction of sp³-hybridized carbons (Fsp3) is 0.111. The van der Waals surface area contributed by atoms with Crippen molar-refractivity contribution in [1.82, 2.24) is 0 Å². The number of halogens is 2. The summed E-state index contributed by atoms with van der Waals surface area (Å²) in [5, 5.41) is 0. The molecule has 66 valence electrons. The second-order valence-corrected chi connectivity index (χ2v) is 1.97. The van der Waals surface area contributed by atoms with Crippen molar-refractivity contribution in [3.8, 4) is 5.75 Å². The van der Waals surface area contributed by atoms with Crippen molar-refractivity contribution in [3.63, 3.8) is 0 Å². The molecule has 0 aliphatic rings. The van der Waals surface area contributed by atoms with E-state index in [1.807, 2.05) is 0 Å². The number of ether oxygens (including phenoxy) is 1. The first-order chi connectivity index (χ1) is 6.33. The Labute approximate surface area is 94.0 Å². The third kappa shape index (κ3) is 5.95. The standard InChI is InChI=1S/C9H8FO.BrH.Zn/c1-2-7-11-9-5-3-8(10)4-6-9;;/h2-5H,1,7H2;1H;/q-1;;+2/p-1. The van der Waals surface area contributed by atoms with Gasteiger partial charge in [0.2, 0.25) is 0 Å². The van der Waals surface area contributed by atoms with Crippen molar-refractivity contribution >= 4 is 13.6 Å². The van der Waals surface area contributed by atoms with Gasteiger partial charge in [-0.25, -0.2) is 0 Å². The molecule has 0 aliphatic carbocycles. The summed E-state index contributed by atoms with van der Waals surface area (Å²) in [7, 11) is 0. The van der Waals surface area contributed by atoms with Gasteiger partial charge >= 0.3 is 30.0 Å². The zero-order valence-electron chi connectivity index (χ0n) is 7.09. The Balaban J connectivity index is 0.000000671. The minimum atomic E-state index is -0.309. The predicted molar refractivity (Wildman–Crippen MR) is 49.9 cm³/mol. The van der Waals surface area contributed by atoms with Gasteiger partial charge in [0.1, 0.15) is 6.61 Å². The van der Waals surface area contributed by atoms with Crippen LogP contribution in [0.15, 0.2) is 30.9 Å². The molecule has 1 aromatic carbocycles. The molecule has 0 amide bonds.